The number of halogens is 16. The zero-order valence-electron chi connectivity index (χ0n) is 19.9. The molecule has 0 saturated heterocycles. The Kier molecular flexibility index (Phi) is 53.3. The van der Waals surface area contributed by atoms with Crippen LogP contribution in [0.25, 0.3) is 0 Å². The molecular weight excluding hydrogens is 584 g/mol. The van der Waals surface area contributed by atoms with Crippen molar-refractivity contribution in [1.82, 2.24) is 0 Å². The van der Waals surface area contributed by atoms with E-state index in [0.717, 1.165) is 6.26 Å². The van der Waals surface area contributed by atoms with E-state index in [9.17, 15) is 52.8 Å². The number of ether oxygens (including phenoxy) is 3. The molecule has 0 rings (SSSR count). The number of hydrogen-bond acceptors (Lipinski definition) is 4. The van der Waals surface area contributed by atoms with E-state index in [1.807, 2.05) is 0 Å². The molecule has 0 aliphatic rings. The molecule has 38 heavy (non-hydrogen) atoms. The summed E-state index contributed by atoms with van der Waals surface area (Å²) in [6.07, 6.45) is -14.4. The maximum atomic E-state index is 11.4. The Labute approximate surface area is 208 Å². The minimum atomic E-state index is -5.13. The molecule has 0 aromatic carbocycles. The predicted octanol–water partition coefficient (Wildman–Crippen LogP) is 9.42. The van der Waals surface area contributed by atoms with Crippen LogP contribution in [-0.4, -0.2) is 58.3 Å². The van der Waals surface area contributed by atoms with Gasteiger partial charge in [-0.1, -0.05) is 19.7 Å². The molecule has 0 radical (unpaired) electrons. The number of hydrogen-bond donors (Lipinski definition) is 0. The quantitative estimate of drug-likeness (QED) is 0.132. The Balaban J connectivity index is -0.0000000639. The van der Waals surface area contributed by atoms with Crippen LogP contribution in [0.15, 0.2) is 38.5 Å². The first kappa shape index (κ1) is 52.0. The van der Waals surface area contributed by atoms with Crippen LogP contribution in [0.3, 0.4) is 0 Å². The monoisotopic (exact) mass is 612 g/mol. The minimum Gasteiger partial charge on any atom is -0.501 e. The summed E-state index contributed by atoms with van der Waals surface area (Å²) < 4.78 is 177. The standard InChI is InChI=1S/C5H7F3O.C5H9FO.C4H7FO.C3H2F6O.CH3F.2F2/c1-2-9-4-3-5(6,7)8;1-3-7-5(2)4-6;1-2-6-4-3-5;4-2(5,6)1-3(7,8)10-9;3*1-2/h2H,1,3-4H2;3,5H,1,4H2,2H3;2H,1,3-4H2;1H2;1H3;;. The van der Waals surface area contributed by atoms with Gasteiger partial charge in [-0.05, 0) is 11.4 Å². The first-order chi connectivity index (χ1) is 17.6. The molecule has 0 spiro atoms. The van der Waals surface area contributed by atoms with E-state index in [1.54, 1.807) is 11.9 Å². The maximum Gasteiger partial charge on any atom is 0.397 e. The number of rotatable bonds is 11. The van der Waals surface area contributed by atoms with Crippen LogP contribution in [0.5, 0.6) is 0 Å². The lowest BCUT2D eigenvalue weighted by atomic mass is 10.4. The summed E-state index contributed by atoms with van der Waals surface area (Å²) in [5.41, 5.74) is 0. The molecule has 0 N–H and O–H groups in total. The second kappa shape index (κ2) is 39.0. The van der Waals surface area contributed by atoms with E-state index in [4.69, 9.17) is 18.3 Å². The Morgan fingerprint density at radius 1 is 0.711 bits per heavy atom. The summed E-state index contributed by atoms with van der Waals surface area (Å²) >= 11 is 0. The molecule has 4 nitrogen and oxygen atoms in total. The van der Waals surface area contributed by atoms with Gasteiger partial charge in [-0.25, -0.2) is 8.78 Å². The van der Waals surface area contributed by atoms with Gasteiger partial charge in [0, 0.05) is 18.3 Å². The van der Waals surface area contributed by atoms with Crippen LogP contribution < -0.4 is 0 Å². The molecule has 0 fully saturated rings. The third-order valence-corrected chi connectivity index (χ3v) is 2.00. The first-order valence-corrected chi connectivity index (χ1v) is 8.86. The molecule has 1 unspecified atom stereocenters. The van der Waals surface area contributed by atoms with Gasteiger partial charge in [0.2, 0.25) is 0 Å². The molecule has 0 heterocycles. The third kappa shape index (κ3) is 84.2. The molecule has 0 aromatic heterocycles. The molecular formula is C18H28F16O4. The van der Waals surface area contributed by atoms with E-state index in [-0.39, 0.29) is 19.3 Å². The highest BCUT2D eigenvalue weighted by Gasteiger charge is 2.45. The minimum absolute atomic E-state index is 0.128. The molecule has 0 bridgehead atoms. The van der Waals surface area contributed by atoms with E-state index < -0.39 is 44.7 Å². The molecule has 0 saturated carbocycles. The largest absolute Gasteiger partial charge is 0.501 e. The van der Waals surface area contributed by atoms with Gasteiger partial charge < -0.3 is 14.2 Å². The second-order valence-electron chi connectivity index (χ2n) is 4.90. The summed E-state index contributed by atoms with van der Waals surface area (Å²) in [4.78, 5) is 1.76. The highest BCUT2D eigenvalue weighted by atomic mass is 20.0. The smallest absolute Gasteiger partial charge is 0.397 e. The fourth-order valence-electron chi connectivity index (χ4n) is 0.847. The summed E-state index contributed by atoms with van der Waals surface area (Å²) in [6.45, 7) is 10.1. The summed E-state index contributed by atoms with van der Waals surface area (Å²) in [5.74, 6) is 0. The van der Waals surface area contributed by atoms with Gasteiger partial charge in [-0.2, -0.15) is 35.1 Å². The van der Waals surface area contributed by atoms with Gasteiger partial charge in [-0.15, -0.1) is 4.94 Å². The zero-order valence-corrected chi connectivity index (χ0v) is 19.9. The lowest BCUT2D eigenvalue weighted by Crippen LogP contribution is -2.26. The van der Waals surface area contributed by atoms with Crippen molar-refractivity contribution < 1.29 is 90.3 Å². The fourth-order valence-corrected chi connectivity index (χ4v) is 0.847. The molecule has 20 heteroatoms. The zero-order chi connectivity index (χ0) is 32.3. The summed E-state index contributed by atoms with van der Waals surface area (Å²) in [6, 6.07) is 0. The second-order valence-corrected chi connectivity index (χ2v) is 4.90. The van der Waals surface area contributed by atoms with Crippen molar-refractivity contribution in [2.75, 3.05) is 33.7 Å². The van der Waals surface area contributed by atoms with E-state index >= 15 is 0 Å². The van der Waals surface area contributed by atoms with E-state index in [2.05, 4.69) is 33.9 Å². The van der Waals surface area contributed by atoms with Crippen molar-refractivity contribution in [3.63, 3.8) is 0 Å². The highest BCUT2D eigenvalue weighted by Crippen LogP contribution is 2.32. The first-order valence-electron chi connectivity index (χ1n) is 8.86. The Morgan fingerprint density at radius 3 is 1.26 bits per heavy atom. The van der Waals surface area contributed by atoms with Gasteiger partial charge in [-0.3, -0.25) is 4.39 Å². The molecule has 0 amide bonds. The van der Waals surface area contributed by atoms with Gasteiger partial charge in [0.1, 0.15) is 32.5 Å². The Bertz CT molecular complexity index is 449. The molecule has 0 aromatic rings. The highest BCUT2D eigenvalue weighted by molar-refractivity contribution is 4.58. The molecule has 236 valence electrons. The van der Waals surface area contributed by atoms with Crippen LogP contribution in [0, 0.1) is 0 Å². The van der Waals surface area contributed by atoms with Crippen molar-refractivity contribution in [1.29, 1.82) is 0 Å². The average Bonchev–Trinajstić information content (AvgIpc) is 2.86. The third-order valence-electron chi connectivity index (χ3n) is 2.00. The predicted molar refractivity (Wildman–Crippen MR) is 105 cm³/mol. The average molecular weight is 612 g/mol. The van der Waals surface area contributed by atoms with Gasteiger partial charge in [0.25, 0.3) is 0 Å². The van der Waals surface area contributed by atoms with Crippen molar-refractivity contribution >= 4 is 0 Å². The van der Waals surface area contributed by atoms with Crippen LogP contribution in [0.1, 0.15) is 19.8 Å². The van der Waals surface area contributed by atoms with Gasteiger partial charge in [0.05, 0.1) is 39.0 Å². The van der Waals surface area contributed by atoms with Crippen molar-refractivity contribution in [3.05, 3.63) is 38.5 Å². The van der Waals surface area contributed by atoms with Crippen LogP contribution >= 0.6 is 0 Å². The van der Waals surface area contributed by atoms with Crippen molar-refractivity contribution in [2.24, 2.45) is 0 Å². The van der Waals surface area contributed by atoms with Crippen molar-refractivity contribution in [3.8, 4) is 0 Å². The lowest BCUT2D eigenvalue weighted by Gasteiger charge is -2.11. The number of alkyl halides is 11. The van der Waals surface area contributed by atoms with E-state index in [1.165, 1.54) is 12.5 Å². The van der Waals surface area contributed by atoms with Crippen molar-refractivity contribution in [2.45, 2.75) is 44.3 Å². The molecule has 1 atom stereocenters. The van der Waals surface area contributed by atoms with Gasteiger partial charge >= 0.3 is 18.5 Å². The SMILES string of the molecule is C=COC(C)CF.C=COCCC(F)(F)F.C=COCCF.CF.FF.FF.FOC(F)(F)CC(F)(F)F. The van der Waals surface area contributed by atoms with Crippen LogP contribution in [-0.2, 0) is 19.2 Å². The van der Waals surface area contributed by atoms with Gasteiger partial charge in [0.15, 0.2) is 0 Å². The summed E-state index contributed by atoms with van der Waals surface area (Å²) in [5, 5.41) is 0. The Morgan fingerprint density at radius 2 is 1.11 bits per heavy atom. The normalized spacial score (nSPS) is 10.3. The lowest BCUT2D eigenvalue weighted by molar-refractivity contribution is -0.379. The summed E-state index contributed by atoms with van der Waals surface area (Å²) in [7, 11) is 0.500. The molecule has 0 aliphatic heterocycles. The molecule has 0 aliphatic carbocycles. The Hall–Kier alpha value is -2.54. The van der Waals surface area contributed by atoms with Crippen LogP contribution in [0.2, 0.25) is 0 Å². The topological polar surface area (TPSA) is 36.9 Å². The fraction of sp³-hybridized carbons (Fsp3) is 0.667. The van der Waals surface area contributed by atoms with Crippen LogP contribution in [0.4, 0.5) is 71.1 Å². The van der Waals surface area contributed by atoms with E-state index in [0.29, 0.717) is 7.18 Å². The maximum absolute atomic E-state index is 11.4.